The molecule has 1 heterocycles. The zero-order valence-corrected chi connectivity index (χ0v) is 18.1. The fraction of sp³-hybridized carbons (Fsp3) is 0.320. The molecule has 1 N–H and O–H groups in total. The van der Waals surface area contributed by atoms with Crippen LogP contribution < -0.4 is 15.3 Å². The fourth-order valence-electron chi connectivity index (χ4n) is 4.36. The molecule has 2 aromatic carbocycles. The molecule has 7 nitrogen and oxygen atoms in total. The second-order valence-corrected chi connectivity index (χ2v) is 8.27. The summed E-state index contributed by atoms with van der Waals surface area (Å²) in [5.74, 6) is -3.82. The van der Waals surface area contributed by atoms with Crippen LogP contribution in [0.3, 0.4) is 0 Å². The predicted octanol–water partition coefficient (Wildman–Crippen LogP) is 2.06. The highest BCUT2D eigenvalue weighted by atomic mass is 19.1. The summed E-state index contributed by atoms with van der Waals surface area (Å²) >= 11 is 0. The molecule has 0 spiro atoms. The number of rotatable bonds is 5. The van der Waals surface area contributed by atoms with Crippen molar-refractivity contribution in [2.75, 3.05) is 36.4 Å². The first kappa shape index (κ1) is 22.5. The van der Waals surface area contributed by atoms with E-state index >= 15 is 0 Å². The van der Waals surface area contributed by atoms with Gasteiger partial charge in [-0.05, 0) is 49.2 Å². The summed E-state index contributed by atoms with van der Waals surface area (Å²) in [6.07, 6.45) is 4.10. The number of carboxylic acids is 1. The zero-order valence-electron chi connectivity index (χ0n) is 18.1. The van der Waals surface area contributed by atoms with Crippen LogP contribution >= 0.6 is 0 Å². The largest absolute Gasteiger partial charge is 0.550 e. The monoisotopic (exact) mass is 450 g/mol. The van der Waals surface area contributed by atoms with Crippen LogP contribution in [-0.2, 0) is 9.59 Å². The van der Waals surface area contributed by atoms with Crippen molar-refractivity contribution in [3.05, 3.63) is 72.1 Å². The number of amides is 2. The summed E-state index contributed by atoms with van der Waals surface area (Å²) in [7, 11) is 0. The number of anilines is 2. The molecule has 172 valence electrons. The lowest BCUT2D eigenvalue weighted by Crippen LogP contribution is -2.49. The molecule has 0 aromatic heterocycles. The number of benzene rings is 2. The van der Waals surface area contributed by atoms with Gasteiger partial charge in [0, 0.05) is 43.8 Å². The summed E-state index contributed by atoms with van der Waals surface area (Å²) < 4.78 is 13.2. The lowest BCUT2D eigenvalue weighted by atomic mass is 9.82. The predicted molar refractivity (Wildman–Crippen MR) is 120 cm³/mol. The Kier molecular flexibility index (Phi) is 6.72. The van der Waals surface area contributed by atoms with E-state index in [0.717, 1.165) is 5.69 Å². The first-order chi connectivity index (χ1) is 15.9. The molecule has 0 saturated carbocycles. The van der Waals surface area contributed by atoms with Crippen LogP contribution in [0.5, 0.6) is 0 Å². The van der Waals surface area contributed by atoms with Crippen LogP contribution in [0.1, 0.15) is 23.2 Å². The maximum atomic E-state index is 13.2. The van der Waals surface area contributed by atoms with Crippen LogP contribution in [0.15, 0.2) is 60.7 Å². The van der Waals surface area contributed by atoms with Crippen LogP contribution in [-0.4, -0.2) is 48.9 Å². The average molecular weight is 450 g/mol. The molecule has 1 saturated heterocycles. The lowest BCUT2D eigenvalue weighted by molar-refractivity contribution is -0.313. The number of hydrogen-bond acceptors (Lipinski definition) is 5. The quantitative estimate of drug-likeness (QED) is 0.704. The Balaban J connectivity index is 1.43. The van der Waals surface area contributed by atoms with E-state index in [9.17, 15) is 23.9 Å². The van der Waals surface area contributed by atoms with E-state index in [0.29, 0.717) is 43.9 Å². The van der Waals surface area contributed by atoms with Crippen LogP contribution in [0.25, 0.3) is 0 Å². The standard InChI is InChI=1S/C25H26FN3O4/c26-17-9-11-18(12-10-17)28-13-15-29(16-14-28)24(31)21-7-3-4-8-22(21)27-23(30)19-5-1-2-6-20(19)25(32)33/h1-4,7-12,19-20H,5-6,13-16H2,(H,27,30)(H,32,33)/p-1/t19-,20-/m1/s1. The van der Waals surface area contributed by atoms with E-state index in [1.54, 1.807) is 53.5 Å². The van der Waals surface area contributed by atoms with Gasteiger partial charge in [-0.2, -0.15) is 0 Å². The Hall–Kier alpha value is -3.68. The number of allylic oxidation sites excluding steroid dienone is 2. The fourth-order valence-corrected chi connectivity index (χ4v) is 4.36. The maximum Gasteiger partial charge on any atom is 0.256 e. The van der Waals surface area contributed by atoms with Crippen molar-refractivity contribution in [1.29, 1.82) is 0 Å². The number of piperazine rings is 1. The molecular formula is C25H25FN3O4-. The minimum absolute atomic E-state index is 0.204. The molecule has 0 radical (unpaired) electrons. The number of nitrogens with zero attached hydrogens (tertiary/aromatic N) is 2. The Bertz CT molecular complexity index is 1060. The molecule has 33 heavy (non-hydrogen) atoms. The molecule has 0 bridgehead atoms. The van der Waals surface area contributed by atoms with Gasteiger partial charge in [-0.1, -0.05) is 24.3 Å². The van der Waals surface area contributed by atoms with E-state index in [2.05, 4.69) is 10.2 Å². The summed E-state index contributed by atoms with van der Waals surface area (Å²) in [6.45, 7) is 2.18. The van der Waals surface area contributed by atoms with Crippen molar-refractivity contribution < 1.29 is 23.9 Å². The third-order valence-corrected chi connectivity index (χ3v) is 6.25. The van der Waals surface area contributed by atoms with Crippen molar-refractivity contribution in [2.24, 2.45) is 11.8 Å². The van der Waals surface area contributed by atoms with Gasteiger partial charge in [-0.25, -0.2) is 4.39 Å². The molecule has 4 rings (SSSR count). The molecule has 2 amide bonds. The maximum absolute atomic E-state index is 13.2. The van der Waals surface area contributed by atoms with Gasteiger partial charge in [0.15, 0.2) is 0 Å². The number of aliphatic carboxylic acids is 1. The Labute approximate surface area is 191 Å². The van der Waals surface area contributed by atoms with Crippen molar-refractivity contribution in [3.8, 4) is 0 Å². The highest BCUT2D eigenvalue weighted by molar-refractivity contribution is 6.04. The van der Waals surface area contributed by atoms with E-state index in [4.69, 9.17) is 0 Å². The SMILES string of the molecule is O=C([O-])[C@@H]1CC=CC[C@H]1C(=O)Nc1ccccc1C(=O)N1CCN(c2ccc(F)cc2)CC1. The van der Waals surface area contributed by atoms with E-state index in [1.807, 2.05) is 0 Å². The van der Waals surface area contributed by atoms with Crippen LogP contribution in [0.4, 0.5) is 15.8 Å². The number of para-hydroxylation sites is 1. The average Bonchev–Trinajstić information content (AvgIpc) is 2.84. The van der Waals surface area contributed by atoms with Crippen molar-refractivity contribution in [2.45, 2.75) is 12.8 Å². The van der Waals surface area contributed by atoms with Gasteiger partial charge in [-0.15, -0.1) is 0 Å². The summed E-state index contributed by atoms with van der Waals surface area (Å²) in [5.41, 5.74) is 1.62. The highest BCUT2D eigenvalue weighted by Crippen LogP contribution is 2.28. The number of hydrogen-bond donors (Lipinski definition) is 1. The number of carbonyl (C=O) groups is 3. The van der Waals surface area contributed by atoms with Crippen LogP contribution in [0.2, 0.25) is 0 Å². The molecule has 1 aliphatic carbocycles. The first-order valence-corrected chi connectivity index (χ1v) is 11.0. The Morgan fingerprint density at radius 1 is 0.879 bits per heavy atom. The van der Waals surface area contributed by atoms with E-state index in [1.165, 1.54) is 12.1 Å². The molecule has 0 unspecified atom stereocenters. The topological polar surface area (TPSA) is 92.8 Å². The van der Waals surface area contributed by atoms with Gasteiger partial charge in [0.25, 0.3) is 5.91 Å². The molecule has 1 aliphatic heterocycles. The number of carboxylic acid groups (broad SMARTS) is 1. The minimum atomic E-state index is -1.25. The van der Waals surface area contributed by atoms with E-state index < -0.39 is 23.7 Å². The number of nitrogens with one attached hydrogen (secondary N) is 1. The van der Waals surface area contributed by atoms with Gasteiger partial charge in [0.2, 0.25) is 5.91 Å². The molecule has 2 atom stereocenters. The van der Waals surface area contributed by atoms with Gasteiger partial charge in [0.1, 0.15) is 5.82 Å². The normalized spacial score (nSPS) is 20.4. The number of carbonyl (C=O) groups excluding carboxylic acids is 3. The molecular weight excluding hydrogens is 425 g/mol. The summed E-state index contributed by atoms with van der Waals surface area (Å²) in [4.78, 5) is 41.3. The molecule has 1 fully saturated rings. The van der Waals surface area contributed by atoms with Gasteiger partial charge >= 0.3 is 0 Å². The highest BCUT2D eigenvalue weighted by Gasteiger charge is 2.31. The second-order valence-electron chi connectivity index (χ2n) is 8.27. The smallest absolute Gasteiger partial charge is 0.256 e. The second kappa shape index (κ2) is 9.85. The third kappa shape index (κ3) is 5.05. The summed E-state index contributed by atoms with van der Waals surface area (Å²) in [6, 6.07) is 13.0. The first-order valence-electron chi connectivity index (χ1n) is 11.0. The zero-order chi connectivity index (χ0) is 23.4. The minimum Gasteiger partial charge on any atom is -0.550 e. The lowest BCUT2D eigenvalue weighted by Gasteiger charge is -2.36. The van der Waals surface area contributed by atoms with Crippen LogP contribution in [0, 0.1) is 17.7 Å². The number of halogens is 1. The van der Waals surface area contributed by atoms with Gasteiger partial charge in [-0.3, -0.25) is 9.59 Å². The van der Waals surface area contributed by atoms with Gasteiger partial charge < -0.3 is 25.0 Å². The molecule has 2 aromatic rings. The Morgan fingerprint density at radius 2 is 1.52 bits per heavy atom. The van der Waals surface area contributed by atoms with Crippen molar-refractivity contribution in [1.82, 2.24) is 4.90 Å². The van der Waals surface area contributed by atoms with E-state index in [-0.39, 0.29) is 18.1 Å². The molecule has 8 heteroatoms. The van der Waals surface area contributed by atoms with Crippen molar-refractivity contribution >= 4 is 29.2 Å². The van der Waals surface area contributed by atoms with Crippen molar-refractivity contribution in [3.63, 3.8) is 0 Å². The Morgan fingerprint density at radius 3 is 2.18 bits per heavy atom. The summed E-state index contributed by atoms with van der Waals surface area (Å²) in [5, 5.41) is 14.2. The molecule has 2 aliphatic rings. The third-order valence-electron chi connectivity index (χ3n) is 6.25. The van der Waals surface area contributed by atoms with Gasteiger partial charge in [0.05, 0.1) is 17.2 Å².